The number of carbonyl (C=O) groups excluding carboxylic acids is 1. The van der Waals surface area contributed by atoms with Crippen LogP contribution >= 0.6 is 0 Å². The van der Waals surface area contributed by atoms with E-state index in [1.807, 2.05) is 18.2 Å². The van der Waals surface area contributed by atoms with Crippen LogP contribution in [0.3, 0.4) is 0 Å². The molecule has 196 valence electrons. The van der Waals surface area contributed by atoms with Crippen LogP contribution in [-0.4, -0.2) is 62.4 Å². The summed E-state index contributed by atoms with van der Waals surface area (Å²) in [5, 5.41) is 0.748. The zero-order chi connectivity index (χ0) is 26.7. The number of rotatable bonds is 7. The molecule has 0 spiro atoms. The largest absolute Gasteiger partial charge is 0.496 e. The number of fused-ring (bicyclic) bond motifs is 1. The van der Waals surface area contributed by atoms with E-state index in [0.717, 1.165) is 10.9 Å². The van der Waals surface area contributed by atoms with Gasteiger partial charge in [0.2, 0.25) is 0 Å². The molecule has 0 atom stereocenters. The van der Waals surface area contributed by atoms with Crippen LogP contribution in [0.25, 0.3) is 10.9 Å². The van der Waals surface area contributed by atoms with Gasteiger partial charge in [-0.3, -0.25) is 14.7 Å². The van der Waals surface area contributed by atoms with Gasteiger partial charge in [-0.2, -0.15) is 0 Å². The quantitative estimate of drug-likeness (QED) is 0.352. The first-order valence-corrected chi connectivity index (χ1v) is 14.0. The Morgan fingerprint density at radius 2 is 1.74 bits per heavy atom. The van der Waals surface area contributed by atoms with Crippen molar-refractivity contribution < 1.29 is 22.3 Å². The summed E-state index contributed by atoms with van der Waals surface area (Å²) in [4.78, 5) is 21.6. The fourth-order valence-electron chi connectivity index (χ4n) is 4.79. The molecule has 0 saturated carbocycles. The van der Waals surface area contributed by atoms with Gasteiger partial charge < -0.3 is 9.64 Å². The lowest BCUT2D eigenvalue weighted by Gasteiger charge is -2.35. The molecule has 0 aliphatic carbocycles. The number of benzene rings is 3. The lowest BCUT2D eigenvalue weighted by Crippen LogP contribution is -2.48. The Hall–Kier alpha value is -3.82. The van der Waals surface area contributed by atoms with Crippen molar-refractivity contribution in [3.05, 3.63) is 102 Å². The van der Waals surface area contributed by atoms with E-state index < -0.39 is 9.84 Å². The van der Waals surface area contributed by atoms with Crippen LogP contribution in [0.4, 0.5) is 4.39 Å². The van der Waals surface area contributed by atoms with Crippen LogP contribution in [0.5, 0.6) is 5.75 Å². The van der Waals surface area contributed by atoms with Gasteiger partial charge >= 0.3 is 0 Å². The van der Waals surface area contributed by atoms with Gasteiger partial charge in [-0.15, -0.1) is 0 Å². The third kappa shape index (κ3) is 5.54. The summed E-state index contributed by atoms with van der Waals surface area (Å²) in [5.74, 6) is -0.326. The lowest BCUT2D eigenvalue weighted by molar-refractivity contribution is 0.0628. The van der Waals surface area contributed by atoms with E-state index in [-0.39, 0.29) is 22.4 Å². The number of carbonyl (C=O) groups is 1. The molecule has 1 aliphatic heterocycles. The number of ether oxygens (including phenoxy) is 1. The van der Waals surface area contributed by atoms with Crippen molar-refractivity contribution >= 4 is 26.6 Å². The van der Waals surface area contributed by atoms with Gasteiger partial charge in [0, 0.05) is 55.4 Å². The Bertz CT molecular complexity index is 1580. The minimum absolute atomic E-state index is 0.138. The third-order valence-electron chi connectivity index (χ3n) is 6.77. The number of pyridine rings is 1. The van der Waals surface area contributed by atoms with Crippen LogP contribution in [-0.2, 0) is 22.1 Å². The average molecular weight is 534 g/mol. The number of para-hydroxylation sites is 1. The molecule has 7 nitrogen and oxygen atoms in total. The smallest absolute Gasteiger partial charge is 0.254 e. The average Bonchev–Trinajstić information content (AvgIpc) is 2.93. The van der Waals surface area contributed by atoms with Crippen LogP contribution in [0.1, 0.15) is 21.5 Å². The fraction of sp³-hybridized carbons (Fsp3) is 0.241. The van der Waals surface area contributed by atoms with E-state index in [4.69, 9.17) is 4.74 Å². The Labute approximate surface area is 221 Å². The van der Waals surface area contributed by atoms with E-state index in [2.05, 4.69) is 9.88 Å². The van der Waals surface area contributed by atoms with Crippen molar-refractivity contribution in [2.45, 2.75) is 17.2 Å². The monoisotopic (exact) mass is 533 g/mol. The van der Waals surface area contributed by atoms with Gasteiger partial charge in [-0.25, -0.2) is 12.8 Å². The van der Waals surface area contributed by atoms with Crippen LogP contribution < -0.4 is 4.74 Å². The summed E-state index contributed by atoms with van der Waals surface area (Å²) < 4.78 is 45.7. The molecule has 3 aromatic carbocycles. The van der Waals surface area contributed by atoms with E-state index in [1.165, 1.54) is 19.2 Å². The molecule has 1 saturated heterocycles. The number of aromatic nitrogens is 1. The number of piperazine rings is 1. The Balaban J connectivity index is 1.28. The number of methoxy groups -OCH3 is 1. The topological polar surface area (TPSA) is 79.8 Å². The number of hydrogen-bond donors (Lipinski definition) is 0. The van der Waals surface area contributed by atoms with Crippen LogP contribution in [0, 0.1) is 5.82 Å². The highest BCUT2D eigenvalue weighted by atomic mass is 32.2. The Kier molecular flexibility index (Phi) is 7.40. The van der Waals surface area contributed by atoms with E-state index >= 15 is 0 Å². The second kappa shape index (κ2) is 10.9. The van der Waals surface area contributed by atoms with E-state index in [9.17, 15) is 17.6 Å². The first-order chi connectivity index (χ1) is 18.3. The molecule has 0 N–H and O–H groups in total. The van der Waals surface area contributed by atoms with E-state index in [0.29, 0.717) is 55.1 Å². The first-order valence-electron chi connectivity index (χ1n) is 12.3. The summed E-state index contributed by atoms with van der Waals surface area (Å²) in [7, 11) is -2.26. The number of sulfone groups is 1. The van der Waals surface area contributed by atoms with Crippen molar-refractivity contribution in [1.82, 2.24) is 14.8 Å². The maximum atomic E-state index is 13.5. The predicted octanol–water partition coefficient (Wildman–Crippen LogP) is 4.31. The molecule has 38 heavy (non-hydrogen) atoms. The van der Waals surface area contributed by atoms with Gasteiger partial charge in [0.1, 0.15) is 11.6 Å². The van der Waals surface area contributed by atoms with Crippen LogP contribution in [0.2, 0.25) is 0 Å². The zero-order valence-corrected chi connectivity index (χ0v) is 21.8. The van der Waals surface area contributed by atoms with Crippen molar-refractivity contribution in [1.29, 1.82) is 0 Å². The highest BCUT2D eigenvalue weighted by Crippen LogP contribution is 2.29. The first kappa shape index (κ1) is 25.8. The second-order valence-electron chi connectivity index (χ2n) is 9.32. The maximum absolute atomic E-state index is 13.5. The molecule has 0 radical (unpaired) electrons. The van der Waals surface area contributed by atoms with Gasteiger partial charge in [-0.1, -0.05) is 36.4 Å². The predicted molar refractivity (Wildman–Crippen MR) is 143 cm³/mol. The van der Waals surface area contributed by atoms with Crippen molar-refractivity contribution in [3.8, 4) is 5.75 Å². The Morgan fingerprint density at radius 1 is 0.974 bits per heavy atom. The SMILES string of the molecule is COc1cc(C(=O)N2CCN(Cc3cccc(F)c3)CC2)ccc1CS(=O)(=O)c1cccc2cccnc12. The highest BCUT2D eigenvalue weighted by Gasteiger charge is 2.25. The normalized spacial score (nSPS) is 14.5. The fourth-order valence-corrected chi connectivity index (χ4v) is 6.35. The summed E-state index contributed by atoms with van der Waals surface area (Å²) in [6.45, 7) is 3.06. The highest BCUT2D eigenvalue weighted by molar-refractivity contribution is 7.90. The Morgan fingerprint density at radius 3 is 2.50 bits per heavy atom. The molecule has 0 bridgehead atoms. The summed E-state index contributed by atoms with van der Waals surface area (Å²) in [5.41, 5.74) is 2.24. The van der Waals surface area contributed by atoms with Crippen LogP contribution in [0.15, 0.2) is 83.9 Å². The molecular formula is C29H28FN3O4S. The van der Waals surface area contributed by atoms with Gasteiger partial charge in [0.15, 0.2) is 9.84 Å². The molecule has 1 amide bonds. The van der Waals surface area contributed by atoms with Gasteiger partial charge in [0.25, 0.3) is 5.91 Å². The molecular weight excluding hydrogens is 505 g/mol. The van der Waals surface area contributed by atoms with Gasteiger partial charge in [-0.05, 0) is 42.0 Å². The van der Waals surface area contributed by atoms with Crippen molar-refractivity contribution in [3.63, 3.8) is 0 Å². The summed E-state index contributed by atoms with van der Waals surface area (Å²) >= 11 is 0. The molecule has 1 aliphatic rings. The van der Waals surface area contributed by atoms with E-state index in [1.54, 1.807) is 53.6 Å². The summed E-state index contributed by atoms with van der Waals surface area (Å²) in [6.07, 6.45) is 1.57. The minimum Gasteiger partial charge on any atom is -0.496 e. The molecule has 4 aromatic rings. The van der Waals surface area contributed by atoms with Crippen molar-refractivity contribution in [2.75, 3.05) is 33.3 Å². The molecule has 1 fully saturated rings. The molecule has 2 heterocycles. The molecule has 1 aromatic heterocycles. The third-order valence-corrected chi connectivity index (χ3v) is 8.46. The lowest BCUT2D eigenvalue weighted by atomic mass is 10.1. The molecule has 5 rings (SSSR count). The van der Waals surface area contributed by atoms with Gasteiger partial charge in [0.05, 0.1) is 23.3 Å². The number of nitrogens with zero attached hydrogens (tertiary/aromatic N) is 3. The minimum atomic E-state index is -3.73. The standard InChI is InChI=1S/C29H28FN3O4S/c1-37-26-18-23(29(34)33-15-13-32(14-16-33)19-21-5-2-8-25(30)17-21)10-11-24(26)20-38(35,36)27-9-3-6-22-7-4-12-31-28(22)27/h2-12,17-18H,13-16,19-20H2,1H3. The number of halogens is 1. The maximum Gasteiger partial charge on any atom is 0.254 e. The second-order valence-corrected chi connectivity index (χ2v) is 11.3. The summed E-state index contributed by atoms with van der Waals surface area (Å²) in [6, 6.07) is 20.1. The van der Waals surface area contributed by atoms with Crippen molar-refractivity contribution in [2.24, 2.45) is 0 Å². The zero-order valence-electron chi connectivity index (χ0n) is 21.0. The molecule has 0 unspecified atom stereocenters. The number of hydrogen-bond acceptors (Lipinski definition) is 6. The molecule has 9 heteroatoms. The number of amides is 1.